The minimum Gasteiger partial charge on any atom is -0.481 e. The number of hydrogen-bond acceptors (Lipinski definition) is 5. The van der Waals surface area contributed by atoms with E-state index in [0.717, 1.165) is 64.1 Å². The van der Waals surface area contributed by atoms with Crippen molar-refractivity contribution in [2.24, 2.45) is 0 Å². The number of likely N-dealkylation sites (tertiary alicyclic amines) is 1. The highest BCUT2D eigenvalue weighted by Crippen LogP contribution is 2.20. The van der Waals surface area contributed by atoms with Gasteiger partial charge in [-0.1, -0.05) is 6.07 Å². The van der Waals surface area contributed by atoms with E-state index in [9.17, 15) is 9.59 Å². The molecule has 1 unspecified atom stereocenters. The summed E-state index contributed by atoms with van der Waals surface area (Å²) in [7, 11) is 0. The van der Waals surface area contributed by atoms with Crippen LogP contribution in [0.3, 0.4) is 0 Å². The Kier molecular flexibility index (Phi) is 7.65. The van der Waals surface area contributed by atoms with Gasteiger partial charge in [0, 0.05) is 44.2 Å². The average Bonchev–Trinajstić information content (AvgIpc) is 3.12. The number of amides is 1. The highest BCUT2D eigenvalue weighted by Gasteiger charge is 2.23. The van der Waals surface area contributed by atoms with Crippen LogP contribution in [0.4, 0.5) is 5.82 Å². The molecule has 1 fully saturated rings. The molecular formula is C21H32N4O3. The zero-order valence-corrected chi connectivity index (χ0v) is 16.6. The summed E-state index contributed by atoms with van der Waals surface area (Å²) in [5.41, 5.74) is 2.50. The lowest BCUT2D eigenvalue weighted by molar-refractivity contribution is -0.137. The number of pyridine rings is 1. The Bertz CT molecular complexity index is 680. The zero-order chi connectivity index (χ0) is 19.8. The summed E-state index contributed by atoms with van der Waals surface area (Å²) < 4.78 is 0. The molecule has 3 N–H and O–H groups in total. The Morgan fingerprint density at radius 2 is 2.14 bits per heavy atom. The molecule has 7 heteroatoms. The number of nitrogens with zero attached hydrogens (tertiary/aromatic N) is 2. The van der Waals surface area contributed by atoms with Crippen LogP contribution in [0.2, 0.25) is 0 Å². The number of fused-ring (bicyclic) bond motifs is 1. The Labute approximate surface area is 166 Å². The van der Waals surface area contributed by atoms with E-state index < -0.39 is 5.97 Å². The average molecular weight is 389 g/mol. The summed E-state index contributed by atoms with van der Waals surface area (Å²) in [6.45, 7) is 3.98. The smallest absolute Gasteiger partial charge is 0.303 e. The monoisotopic (exact) mass is 388 g/mol. The molecule has 0 bridgehead atoms. The number of anilines is 1. The molecule has 28 heavy (non-hydrogen) atoms. The molecule has 1 amide bonds. The first-order valence-electron chi connectivity index (χ1n) is 10.6. The summed E-state index contributed by atoms with van der Waals surface area (Å²) >= 11 is 0. The first-order valence-corrected chi connectivity index (χ1v) is 10.6. The second-order valence-corrected chi connectivity index (χ2v) is 7.90. The topological polar surface area (TPSA) is 94.6 Å². The first kappa shape index (κ1) is 20.6. The first-order chi connectivity index (χ1) is 13.6. The van der Waals surface area contributed by atoms with Crippen LogP contribution in [0.15, 0.2) is 12.1 Å². The van der Waals surface area contributed by atoms with Crippen LogP contribution in [0.1, 0.15) is 56.2 Å². The third kappa shape index (κ3) is 6.48. The van der Waals surface area contributed by atoms with Crippen LogP contribution in [0, 0.1) is 0 Å². The number of rotatable bonds is 10. The molecule has 7 nitrogen and oxygen atoms in total. The predicted octanol–water partition coefficient (Wildman–Crippen LogP) is 2.21. The van der Waals surface area contributed by atoms with E-state index in [1.807, 2.05) is 0 Å². The van der Waals surface area contributed by atoms with Gasteiger partial charge >= 0.3 is 5.97 Å². The fourth-order valence-corrected chi connectivity index (χ4v) is 4.00. The molecule has 1 aromatic rings. The highest BCUT2D eigenvalue weighted by atomic mass is 16.4. The summed E-state index contributed by atoms with van der Waals surface area (Å²) in [6, 6.07) is 4.58. The normalized spacial score (nSPS) is 19.1. The second-order valence-electron chi connectivity index (χ2n) is 7.90. The number of hydrogen-bond donors (Lipinski definition) is 3. The SMILES string of the molecule is O=C(O)CCCC(=O)NC1CCN(CCCCc2ccc3c(n2)NCCC3)C1. The van der Waals surface area contributed by atoms with Crippen molar-refractivity contribution >= 4 is 17.7 Å². The van der Waals surface area contributed by atoms with Gasteiger partial charge in [0.25, 0.3) is 0 Å². The lowest BCUT2D eigenvalue weighted by atomic mass is 10.1. The molecule has 1 saturated heterocycles. The zero-order valence-electron chi connectivity index (χ0n) is 16.6. The summed E-state index contributed by atoms with van der Waals surface area (Å²) in [5.74, 6) is 0.201. The lowest BCUT2D eigenvalue weighted by Gasteiger charge is -2.18. The van der Waals surface area contributed by atoms with E-state index in [1.165, 1.54) is 17.7 Å². The van der Waals surface area contributed by atoms with Crippen LogP contribution in [0.25, 0.3) is 0 Å². The van der Waals surface area contributed by atoms with Gasteiger partial charge in [-0.25, -0.2) is 4.98 Å². The van der Waals surface area contributed by atoms with E-state index in [0.29, 0.717) is 12.8 Å². The molecule has 2 aliphatic rings. The summed E-state index contributed by atoms with van der Waals surface area (Å²) in [6.07, 6.45) is 7.30. The molecule has 0 aromatic carbocycles. The van der Waals surface area contributed by atoms with Crippen LogP contribution in [-0.4, -0.2) is 59.1 Å². The van der Waals surface area contributed by atoms with E-state index in [-0.39, 0.29) is 18.4 Å². The molecule has 0 saturated carbocycles. The van der Waals surface area contributed by atoms with E-state index in [1.54, 1.807) is 0 Å². The number of aryl methyl sites for hydroxylation is 2. The van der Waals surface area contributed by atoms with Crippen molar-refractivity contribution in [3.8, 4) is 0 Å². The third-order valence-electron chi connectivity index (χ3n) is 5.54. The minimum absolute atomic E-state index is 0.0276. The largest absolute Gasteiger partial charge is 0.481 e. The quantitative estimate of drug-likeness (QED) is 0.532. The molecule has 0 radical (unpaired) electrons. The molecule has 3 heterocycles. The molecule has 0 spiro atoms. The van der Waals surface area contributed by atoms with E-state index in [2.05, 4.69) is 27.7 Å². The van der Waals surface area contributed by atoms with Gasteiger partial charge in [0.2, 0.25) is 5.91 Å². The molecule has 3 rings (SSSR count). The maximum Gasteiger partial charge on any atom is 0.303 e. The van der Waals surface area contributed by atoms with Gasteiger partial charge in [-0.2, -0.15) is 0 Å². The van der Waals surface area contributed by atoms with Gasteiger partial charge < -0.3 is 20.6 Å². The maximum absolute atomic E-state index is 11.9. The fraction of sp³-hybridized carbons (Fsp3) is 0.667. The second kappa shape index (κ2) is 10.4. The number of carbonyl (C=O) groups is 2. The molecule has 1 atom stereocenters. The van der Waals surface area contributed by atoms with E-state index in [4.69, 9.17) is 10.1 Å². The van der Waals surface area contributed by atoms with Crippen molar-refractivity contribution in [3.05, 3.63) is 23.4 Å². The van der Waals surface area contributed by atoms with Crippen molar-refractivity contribution in [2.45, 2.75) is 63.8 Å². The van der Waals surface area contributed by atoms with Crippen molar-refractivity contribution < 1.29 is 14.7 Å². The van der Waals surface area contributed by atoms with Crippen LogP contribution < -0.4 is 10.6 Å². The van der Waals surface area contributed by atoms with Gasteiger partial charge in [0.15, 0.2) is 0 Å². The molecule has 0 aliphatic carbocycles. The number of carboxylic acid groups (broad SMARTS) is 1. The number of nitrogens with one attached hydrogen (secondary N) is 2. The van der Waals surface area contributed by atoms with Gasteiger partial charge in [0.1, 0.15) is 5.82 Å². The predicted molar refractivity (Wildman–Crippen MR) is 108 cm³/mol. The standard InChI is InChI=1S/C21H32N4O3/c26-19(7-3-8-20(27)28)23-18-11-14-25(15-18)13-2-1-6-17-10-9-16-5-4-12-22-21(16)24-17/h9-10,18H,1-8,11-15H2,(H,22,24)(H,23,26)(H,27,28). The van der Waals surface area contributed by atoms with Crippen LogP contribution in [-0.2, 0) is 22.4 Å². The van der Waals surface area contributed by atoms with Crippen LogP contribution in [0.5, 0.6) is 0 Å². The van der Waals surface area contributed by atoms with Crippen molar-refractivity contribution in [1.29, 1.82) is 0 Å². The molecule has 1 aromatic heterocycles. The van der Waals surface area contributed by atoms with Crippen molar-refractivity contribution in [3.63, 3.8) is 0 Å². The van der Waals surface area contributed by atoms with E-state index >= 15 is 0 Å². The van der Waals surface area contributed by atoms with Gasteiger partial charge in [-0.05, 0) is 63.1 Å². The third-order valence-corrected chi connectivity index (χ3v) is 5.54. The Morgan fingerprint density at radius 1 is 1.25 bits per heavy atom. The number of aromatic nitrogens is 1. The summed E-state index contributed by atoms with van der Waals surface area (Å²) in [4.78, 5) is 29.5. The highest BCUT2D eigenvalue weighted by molar-refractivity contribution is 5.77. The summed E-state index contributed by atoms with van der Waals surface area (Å²) in [5, 5.41) is 15.1. The molecule has 154 valence electrons. The number of carbonyl (C=O) groups excluding carboxylic acids is 1. The van der Waals surface area contributed by atoms with Crippen molar-refractivity contribution in [2.75, 3.05) is 31.5 Å². The van der Waals surface area contributed by atoms with Gasteiger partial charge in [-0.3, -0.25) is 9.59 Å². The van der Waals surface area contributed by atoms with Crippen LogP contribution >= 0.6 is 0 Å². The fourth-order valence-electron chi connectivity index (χ4n) is 4.00. The Morgan fingerprint density at radius 3 is 3.00 bits per heavy atom. The Balaban J connectivity index is 1.29. The number of aliphatic carboxylic acids is 1. The maximum atomic E-state index is 11.9. The minimum atomic E-state index is -0.846. The lowest BCUT2D eigenvalue weighted by Crippen LogP contribution is -2.37. The number of unbranched alkanes of at least 4 members (excludes halogenated alkanes) is 1. The number of carboxylic acids is 1. The van der Waals surface area contributed by atoms with Gasteiger partial charge in [-0.15, -0.1) is 0 Å². The molecule has 2 aliphatic heterocycles. The van der Waals surface area contributed by atoms with Crippen molar-refractivity contribution in [1.82, 2.24) is 15.2 Å². The Hall–Kier alpha value is -2.15. The van der Waals surface area contributed by atoms with Gasteiger partial charge in [0.05, 0.1) is 0 Å². The molecular weight excluding hydrogens is 356 g/mol.